The van der Waals surface area contributed by atoms with Crippen molar-refractivity contribution in [1.29, 1.82) is 0 Å². The Kier molecular flexibility index (Phi) is 4.26. The molecule has 1 saturated carbocycles. The van der Waals surface area contributed by atoms with E-state index in [1.165, 1.54) is 51.5 Å². The van der Waals surface area contributed by atoms with Gasteiger partial charge in [0.05, 0.1) is 0 Å². The summed E-state index contributed by atoms with van der Waals surface area (Å²) in [5.74, 6) is 0.930. The van der Waals surface area contributed by atoms with E-state index in [0.717, 1.165) is 12.0 Å². The zero-order valence-corrected chi connectivity index (χ0v) is 11.0. The summed E-state index contributed by atoms with van der Waals surface area (Å²) >= 11 is 0. The molecule has 0 aromatic heterocycles. The smallest absolute Gasteiger partial charge is 0.0252 e. The molecule has 4 unspecified atom stereocenters. The van der Waals surface area contributed by atoms with E-state index in [4.69, 9.17) is 5.73 Å². The molecule has 0 bridgehead atoms. The Labute approximate surface area is 101 Å². The largest absolute Gasteiger partial charge is 0.326 e. The van der Waals surface area contributed by atoms with Crippen LogP contribution in [0.5, 0.6) is 0 Å². The van der Waals surface area contributed by atoms with Crippen molar-refractivity contribution in [1.82, 2.24) is 4.90 Å². The van der Waals surface area contributed by atoms with Gasteiger partial charge < -0.3 is 5.73 Å². The number of nitrogens with zero attached hydrogens (tertiary/aromatic N) is 1. The fourth-order valence-corrected chi connectivity index (χ4v) is 3.62. The van der Waals surface area contributed by atoms with Gasteiger partial charge in [0, 0.05) is 18.1 Å². The molecule has 2 fully saturated rings. The van der Waals surface area contributed by atoms with Crippen molar-refractivity contribution in [3.8, 4) is 0 Å². The second-order valence-corrected chi connectivity index (χ2v) is 5.90. The first kappa shape index (κ1) is 12.4. The zero-order valence-electron chi connectivity index (χ0n) is 11.0. The van der Waals surface area contributed by atoms with Crippen molar-refractivity contribution in [2.75, 3.05) is 6.54 Å². The summed E-state index contributed by atoms with van der Waals surface area (Å²) in [5.41, 5.74) is 6.35. The highest BCUT2D eigenvalue weighted by atomic mass is 15.2. The minimum absolute atomic E-state index is 0.434. The van der Waals surface area contributed by atoms with Gasteiger partial charge >= 0.3 is 0 Å². The standard InChI is InChI=1S/C14H28N2/c1-3-12-7-8-13(15)14(10-12)16-9-5-4-6-11(16)2/h11-14H,3-10,15H2,1-2H3. The van der Waals surface area contributed by atoms with E-state index in [9.17, 15) is 0 Å². The van der Waals surface area contributed by atoms with Gasteiger partial charge in [0.2, 0.25) is 0 Å². The fourth-order valence-electron chi connectivity index (χ4n) is 3.62. The Bertz CT molecular complexity index is 217. The normalized spacial score (nSPS) is 42.2. The molecule has 0 amide bonds. The Balaban J connectivity index is 1.99. The van der Waals surface area contributed by atoms with Crippen molar-refractivity contribution in [2.45, 2.75) is 76.9 Å². The average Bonchev–Trinajstić information content (AvgIpc) is 2.31. The van der Waals surface area contributed by atoms with Crippen LogP contribution < -0.4 is 5.73 Å². The summed E-state index contributed by atoms with van der Waals surface area (Å²) in [5, 5.41) is 0. The number of nitrogens with two attached hydrogens (primary N) is 1. The van der Waals surface area contributed by atoms with E-state index in [-0.39, 0.29) is 0 Å². The Morgan fingerprint density at radius 3 is 2.69 bits per heavy atom. The molecule has 2 rings (SSSR count). The lowest BCUT2D eigenvalue weighted by Crippen LogP contribution is -2.55. The van der Waals surface area contributed by atoms with Gasteiger partial charge in [0.25, 0.3) is 0 Å². The van der Waals surface area contributed by atoms with Crippen LogP contribution in [-0.2, 0) is 0 Å². The van der Waals surface area contributed by atoms with Crippen molar-refractivity contribution in [3.63, 3.8) is 0 Å². The van der Waals surface area contributed by atoms with Crippen LogP contribution in [0.2, 0.25) is 0 Å². The second-order valence-electron chi connectivity index (χ2n) is 5.90. The van der Waals surface area contributed by atoms with Gasteiger partial charge in [-0.25, -0.2) is 0 Å². The molecule has 4 atom stereocenters. The van der Waals surface area contributed by atoms with E-state index in [2.05, 4.69) is 18.7 Å². The summed E-state index contributed by atoms with van der Waals surface area (Å²) in [7, 11) is 0. The molecule has 0 aromatic rings. The highest BCUT2D eigenvalue weighted by Gasteiger charge is 2.34. The summed E-state index contributed by atoms with van der Waals surface area (Å²) in [4.78, 5) is 2.72. The lowest BCUT2D eigenvalue weighted by atomic mass is 9.79. The van der Waals surface area contributed by atoms with E-state index in [0.29, 0.717) is 12.1 Å². The molecule has 0 radical (unpaired) electrons. The van der Waals surface area contributed by atoms with Crippen LogP contribution in [0.25, 0.3) is 0 Å². The van der Waals surface area contributed by atoms with E-state index in [1.54, 1.807) is 0 Å². The van der Waals surface area contributed by atoms with Crippen LogP contribution in [0.3, 0.4) is 0 Å². The number of hydrogen-bond donors (Lipinski definition) is 1. The lowest BCUT2D eigenvalue weighted by Gasteiger charge is -2.46. The van der Waals surface area contributed by atoms with Gasteiger partial charge in [-0.15, -0.1) is 0 Å². The van der Waals surface area contributed by atoms with Gasteiger partial charge in [0.1, 0.15) is 0 Å². The Hall–Kier alpha value is -0.0800. The zero-order chi connectivity index (χ0) is 11.5. The van der Waals surface area contributed by atoms with Gasteiger partial charge in [-0.2, -0.15) is 0 Å². The molecular formula is C14H28N2. The molecule has 1 aliphatic heterocycles. The van der Waals surface area contributed by atoms with E-state index in [1.807, 2.05) is 0 Å². The Morgan fingerprint density at radius 2 is 2.00 bits per heavy atom. The highest BCUT2D eigenvalue weighted by molar-refractivity contribution is 4.92. The van der Waals surface area contributed by atoms with Gasteiger partial charge in [0.15, 0.2) is 0 Å². The molecule has 0 aromatic carbocycles. The third-order valence-electron chi connectivity index (χ3n) is 4.83. The summed E-state index contributed by atoms with van der Waals surface area (Å²) in [6.45, 7) is 6.01. The third-order valence-corrected chi connectivity index (χ3v) is 4.83. The van der Waals surface area contributed by atoms with Crippen LogP contribution in [0.15, 0.2) is 0 Å². The van der Waals surface area contributed by atoms with Crippen LogP contribution in [0.4, 0.5) is 0 Å². The minimum Gasteiger partial charge on any atom is -0.326 e. The van der Waals surface area contributed by atoms with E-state index >= 15 is 0 Å². The van der Waals surface area contributed by atoms with Gasteiger partial charge in [-0.05, 0) is 51.5 Å². The SMILES string of the molecule is CCC1CCC(N)C(N2CCCCC2C)C1. The van der Waals surface area contributed by atoms with Crippen LogP contribution in [-0.4, -0.2) is 29.6 Å². The molecule has 16 heavy (non-hydrogen) atoms. The molecule has 0 spiro atoms. The average molecular weight is 224 g/mol. The maximum Gasteiger partial charge on any atom is 0.0252 e. The molecule has 94 valence electrons. The summed E-state index contributed by atoms with van der Waals surface area (Å²) in [6, 6.07) is 1.87. The monoisotopic (exact) mass is 224 g/mol. The predicted octanol–water partition coefficient (Wildman–Crippen LogP) is 2.77. The molecule has 2 heteroatoms. The van der Waals surface area contributed by atoms with Crippen molar-refractivity contribution in [3.05, 3.63) is 0 Å². The lowest BCUT2D eigenvalue weighted by molar-refractivity contribution is 0.0533. The Morgan fingerprint density at radius 1 is 1.19 bits per heavy atom. The van der Waals surface area contributed by atoms with Gasteiger partial charge in [-0.1, -0.05) is 19.8 Å². The molecule has 1 saturated heterocycles. The van der Waals surface area contributed by atoms with Crippen LogP contribution >= 0.6 is 0 Å². The second kappa shape index (κ2) is 5.50. The first-order valence-electron chi connectivity index (χ1n) is 7.23. The predicted molar refractivity (Wildman–Crippen MR) is 69.4 cm³/mol. The van der Waals surface area contributed by atoms with Crippen molar-refractivity contribution < 1.29 is 0 Å². The molecular weight excluding hydrogens is 196 g/mol. The maximum atomic E-state index is 6.35. The number of rotatable bonds is 2. The van der Waals surface area contributed by atoms with Gasteiger partial charge in [-0.3, -0.25) is 4.90 Å². The summed E-state index contributed by atoms with van der Waals surface area (Å²) in [6.07, 6.45) is 9.46. The first-order valence-corrected chi connectivity index (χ1v) is 7.23. The topological polar surface area (TPSA) is 29.3 Å². The first-order chi connectivity index (χ1) is 7.72. The van der Waals surface area contributed by atoms with Crippen molar-refractivity contribution in [2.24, 2.45) is 11.7 Å². The number of piperidine rings is 1. The fraction of sp³-hybridized carbons (Fsp3) is 1.00. The maximum absolute atomic E-state index is 6.35. The molecule has 1 aliphatic carbocycles. The molecule has 1 heterocycles. The number of likely N-dealkylation sites (tertiary alicyclic amines) is 1. The van der Waals surface area contributed by atoms with Crippen molar-refractivity contribution >= 4 is 0 Å². The molecule has 2 N–H and O–H groups in total. The van der Waals surface area contributed by atoms with Crippen LogP contribution in [0.1, 0.15) is 58.8 Å². The number of hydrogen-bond acceptors (Lipinski definition) is 2. The van der Waals surface area contributed by atoms with E-state index < -0.39 is 0 Å². The highest BCUT2D eigenvalue weighted by Crippen LogP contribution is 2.32. The summed E-state index contributed by atoms with van der Waals surface area (Å²) < 4.78 is 0. The van der Waals surface area contributed by atoms with Crippen LogP contribution in [0, 0.1) is 5.92 Å². The third kappa shape index (κ3) is 2.60. The molecule has 2 nitrogen and oxygen atoms in total. The minimum atomic E-state index is 0.434. The quantitative estimate of drug-likeness (QED) is 0.781. The molecule has 2 aliphatic rings.